The minimum absolute atomic E-state index is 0.0201. The molecule has 0 radical (unpaired) electrons. The molecule has 2 aromatic carbocycles. The third-order valence-electron chi connectivity index (χ3n) is 4.25. The molecule has 0 aliphatic heterocycles. The van der Waals surface area contributed by atoms with Crippen LogP contribution in [0.4, 0.5) is 0 Å². The Hall–Kier alpha value is -2.18. The van der Waals surface area contributed by atoms with Crippen molar-refractivity contribution in [3.63, 3.8) is 0 Å². The number of aryl methyl sites for hydroxylation is 2. The number of sulfonamides is 1. The monoisotopic (exact) mass is 388 g/mol. The molecule has 1 atom stereocenters. The van der Waals surface area contributed by atoms with E-state index in [0.717, 1.165) is 12.0 Å². The van der Waals surface area contributed by atoms with E-state index in [2.05, 4.69) is 10.0 Å². The van der Waals surface area contributed by atoms with Gasteiger partial charge in [0.25, 0.3) is 5.91 Å². The van der Waals surface area contributed by atoms with Crippen molar-refractivity contribution in [2.45, 2.75) is 57.5 Å². The van der Waals surface area contributed by atoms with E-state index >= 15 is 0 Å². The van der Waals surface area contributed by atoms with Crippen molar-refractivity contribution in [1.29, 1.82) is 0 Å². The Labute approximate surface area is 162 Å². The molecule has 0 heterocycles. The van der Waals surface area contributed by atoms with E-state index in [4.69, 9.17) is 0 Å². The van der Waals surface area contributed by atoms with Gasteiger partial charge in [0.15, 0.2) is 0 Å². The average molecular weight is 389 g/mol. The smallest absolute Gasteiger partial charge is 0.251 e. The lowest BCUT2D eigenvalue weighted by Gasteiger charge is -2.16. The van der Waals surface area contributed by atoms with E-state index in [1.54, 1.807) is 13.0 Å². The summed E-state index contributed by atoms with van der Waals surface area (Å²) in [5.41, 5.74) is 2.29. The predicted molar refractivity (Wildman–Crippen MR) is 108 cm³/mol. The van der Waals surface area contributed by atoms with Gasteiger partial charge in [-0.2, -0.15) is 0 Å². The van der Waals surface area contributed by atoms with Crippen LogP contribution < -0.4 is 10.0 Å². The van der Waals surface area contributed by atoms with Crippen LogP contribution in [0.2, 0.25) is 0 Å². The predicted octanol–water partition coefficient (Wildman–Crippen LogP) is 3.43. The number of hydrogen-bond donors (Lipinski definition) is 2. The molecule has 2 N–H and O–H groups in total. The number of benzene rings is 2. The maximum atomic E-state index is 12.7. The van der Waals surface area contributed by atoms with Gasteiger partial charge in [-0.15, -0.1) is 0 Å². The second-order valence-electron chi connectivity index (χ2n) is 7.15. The fourth-order valence-electron chi connectivity index (χ4n) is 2.77. The van der Waals surface area contributed by atoms with Crippen LogP contribution in [0.1, 0.15) is 48.7 Å². The molecular formula is C21H28N2O3S. The highest BCUT2D eigenvalue weighted by Gasteiger charge is 2.20. The van der Waals surface area contributed by atoms with Crippen LogP contribution in [0.25, 0.3) is 0 Å². The minimum Gasteiger partial charge on any atom is -0.350 e. The largest absolute Gasteiger partial charge is 0.350 e. The van der Waals surface area contributed by atoms with Crippen LogP contribution in [-0.4, -0.2) is 26.4 Å². The zero-order valence-corrected chi connectivity index (χ0v) is 17.1. The van der Waals surface area contributed by atoms with Crippen molar-refractivity contribution in [2.75, 3.05) is 0 Å². The normalized spacial score (nSPS) is 12.8. The highest BCUT2D eigenvalue weighted by atomic mass is 32.2. The summed E-state index contributed by atoms with van der Waals surface area (Å²) < 4.78 is 28.1. The van der Waals surface area contributed by atoms with Crippen molar-refractivity contribution >= 4 is 15.9 Å². The number of amides is 1. The maximum absolute atomic E-state index is 12.7. The van der Waals surface area contributed by atoms with Gasteiger partial charge in [0.05, 0.1) is 4.90 Å². The lowest BCUT2D eigenvalue weighted by molar-refractivity contribution is 0.0942. The molecule has 0 bridgehead atoms. The summed E-state index contributed by atoms with van der Waals surface area (Å²) in [5, 5.41) is 2.80. The van der Waals surface area contributed by atoms with Crippen LogP contribution in [0.3, 0.4) is 0 Å². The van der Waals surface area contributed by atoms with Gasteiger partial charge in [0.1, 0.15) is 0 Å². The molecular weight excluding hydrogens is 360 g/mol. The Morgan fingerprint density at radius 2 is 1.70 bits per heavy atom. The number of hydrogen-bond acceptors (Lipinski definition) is 3. The van der Waals surface area contributed by atoms with E-state index in [1.165, 1.54) is 17.7 Å². The first-order valence-corrected chi connectivity index (χ1v) is 10.6. The Morgan fingerprint density at radius 3 is 2.33 bits per heavy atom. The van der Waals surface area contributed by atoms with Crippen LogP contribution in [-0.2, 0) is 16.4 Å². The number of rotatable bonds is 8. The summed E-state index contributed by atoms with van der Waals surface area (Å²) in [6, 6.07) is 14.4. The molecule has 0 saturated heterocycles. The number of nitrogens with one attached hydrogen (secondary N) is 2. The molecule has 0 saturated carbocycles. The third-order valence-corrected chi connectivity index (χ3v) is 5.84. The van der Waals surface area contributed by atoms with Crippen molar-refractivity contribution in [1.82, 2.24) is 10.0 Å². The summed E-state index contributed by atoms with van der Waals surface area (Å²) in [4.78, 5) is 12.4. The SMILES string of the molecule is Cc1ccc(S(=O)(=O)N[C@H](C)CCc2ccccc2)cc1C(=O)NC(C)C. The van der Waals surface area contributed by atoms with Crippen LogP contribution in [0, 0.1) is 6.92 Å². The topological polar surface area (TPSA) is 75.3 Å². The first kappa shape index (κ1) is 21.1. The first-order chi connectivity index (χ1) is 12.7. The maximum Gasteiger partial charge on any atom is 0.251 e. The summed E-state index contributed by atoms with van der Waals surface area (Å²) in [6.45, 7) is 7.37. The van der Waals surface area contributed by atoms with E-state index in [0.29, 0.717) is 12.0 Å². The van der Waals surface area contributed by atoms with Crippen molar-refractivity contribution in [3.8, 4) is 0 Å². The molecule has 1 amide bonds. The van der Waals surface area contributed by atoms with Gasteiger partial charge >= 0.3 is 0 Å². The average Bonchev–Trinajstić information content (AvgIpc) is 2.60. The first-order valence-electron chi connectivity index (χ1n) is 9.17. The molecule has 6 heteroatoms. The van der Waals surface area contributed by atoms with Gasteiger partial charge in [0.2, 0.25) is 10.0 Å². The summed E-state index contributed by atoms with van der Waals surface area (Å²) in [7, 11) is -3.70. The fourth-order valence-corrected chi connectivity index (χ4v) is 4.08. The van der Waals surface area contributed by atoms with Crippen molar-refractivity contribution < 1.29 is 13.2 Å². The lowest BCUT2D eigenvalue weighted by Crippen LogP contribution is -2.34. The highest BCUT2D eigenvalue weighted by Crippen LogP contribution is 2.17. The third kappa shape index (κ3) is 6.19. The molecule has 0 aliphatic rings. The molecule has 27 heavy (non-hydrogen) atoms. The lowest BCUT2D eigenvalue weighted by atomic mass is 10.1. The molecule has 2 rings (SSSR count). The zero-order valence-electron chi connectivity index (χ0n) is 16.3. The molecule has 146 valence electrons. The number of carbonyl (C=O) groups is 1. The van der Waals surface area contributed by atoms with Crippen LogP contribution in [0.15, 0.2) is 53.4 Å². The van der Waals surface area contributed by atoms with Crippen LogP contribution >= 0.6 is 0 Å². The Kier molecular flexibility index (Phi) is 7.16. The van der Waals surface area contributed by atoms with E-state index in [9.17, 15) is 13.2 Å². The zero-order chi connectivity index (χ0) is 20.0. The summed E-state index contributed by atoms with van der Waals surface area (Å²) >= 11 is 0. The minimum atomic E-state index is -3.70. The molecule has 0 aromatic heterocycles. The van der Waals surface area contributed by atoms with Crippen LogP contribution in [0.5, 0.6) is 0 Å². The Balaban J connectivity index is 2.10. The molecule has 0 fully saturated rings. The number of carbonyl (C=O) groups excluding carboxylic acids is 1. The molecule has 2 aromatic rings. The van der Waals surface area contributed by atoms with Crippen molar-refractivity contribution in [3.05, 3.63) is 65.2 Å². The van der Waals surface area contributed by atoms with Crippen molar-refractivity contribution in [2.24, 2.45) is 0 Å². The van der Waals surface area contributed by atoms with E-state index in [1.807, 2.05) is 51.1 Å². The second kappa shape index (κ2) is 9.15. The van der Waals surface area contributed by atoms with Gasteiger partial charge in [-0.25, -0.2) is 13.1 Å². The highest BCUT2D eigenvalue weighted by molar-refractivity contribution is 7.89. The van der Waals surface area contributed by atoms with Gasteiger partial charge in [-0.3, -0.25) is 4.79 Å². The van der Waals surface area contributed by atoms with Gasteiger partial charge in [-0.05, 0) is 63.8 Å². The summed E-state index contributed by atoms with van der Waals surface area (Å²) in [5.74, 6) is -0.267. The Bertz CT molecular complexity index is 878. The molecule has 0 unspecified atom stereocenters. The fraction of sp³-hybridized carbons (Fsp3) is 0.381. The standard InChI is InChI=1S/C21H28N2O3S/c1-15(2)22-21(24)20-14-19(13-10-16(20)3)27(25,26)23-17(4)11-12-18-8-6-5-7-9-18/h5-10,13-15,17,23H,11-12H2,1-4H3,(H,22,24)/t17-/m1/s1. The van der Waals surface area contributed by atoms with Gasteiger partial charge < -0.3 is 5.32 Å². The van der Waals surface area contributed by atoms with E-state index in [-0.39, 0.29) is 22.9 Å². The summed E-state index contributed by atoms with van der Waals surface area (Å²) in [6.07, 6.45) is 1.48. The molecule has 0 aliphatic carbocycles. The molecule has 5 nitrogen and oxygen atoms in total. The quantitative estimate of drug-likeness (QED) is 0.727. The second-order valence-corrected chi connectivity index (χ2v) is 8.87. The van der Waals surface area contributed by atoms with Gasteiger partial charge in [0, 0.05) is 17.6 Å². The molecule has 0 spiro atoms. The van der Waals surface area contributed by atoms with Gasteiger partial charge in [-0.1, -0.05) is 36.4 Å². The Morgan fingerprint density at radius 1 is 1.04 bits per heavy atom. The van der Waals surface area contributed by atoms with E-state index < -0.39 is 10.0 Å².